The molecule has 0 spiro atoms. The van der Waals surface area contributed by atoms with Gasteiger partial charge in [-0.25, -0.2) is 13.6 Å². The minimum atomic E-state index is -2.62. The van der Waals surface area contributed by atoms with E-state index in [0.29, 0.717) is 0 Å². The number of benzene rings is 1. The third kappa shape index (κ3) is 3.75. The van der Waals surface area contributed by atoms with Gasteiger partial charge in [-0.05, 0) is 17.2 Å². The molecule has 62 valence electrons. The van der Waals surface area contributed by atoms with Crippen LogP contribution in [0, 0.1) is 0 Å². The maximum atomic E-state index is 8.81. The van der Waals surface area contributed by atoms with Crippen molar-refractivity contribution in [3.63, 3.8) is 0 Å². The van der Waals surface area contributed by atoms with Crippen molar-refractivity contribution >= 4 is 10.9 Å². The summed E-state index contributed by atoms with van der Waals surface area (Å²) in [6.45, 7) is 0. The second kappa shape index (κ2) is 4.10. The molecule has 0 saturated heterocycles. The number of hydrogen-bond donors (Lipinski definition) is 2. The molecule has 0 aliphatic heterocycles. The normalized spacial score (nSPS) is 9.27. The van der Waals surface area contributed by atoms with Gasteiger partial charge in [0.05, 0.1) is 0 Å². The van der Waals surface area contributed by atoms with Gasteiger partial charge < -0.3 is 0 Å². The summed E-state index contributed by atoms with van der Waals surface area (Å²) in [5.74, 6) is 0. The second-order valence-electron chi connectivity index (χ2n) is 1.87. The van der Waals surface area contributed by atoms with E-state index in [9.17, 15) is 0 Å². The van der Waals surface area contributed by atoms with Crippen molar-refractivity contribution in [3.05, 3.63) is 24.3 Å². The fourth-order valence-corrected chi connectivity index (χ4v) is 0.676. The lowest BCUT2D eigenvalue weighted by atomic mass is 10.6. The predicted octanol–water partition coefficient (Wildman–Crippen LogP) is 0.775. The van der Waals surface area contributed by atoms with E-state index < -0.39 is 10.9 Å². The highest BCUT2D eigenvalue weighted by Gasteiger charge is 2.06. The molecule has 2 aliphatic rings. The highest BCUT2D eigenvalue weighted by Crippen LogP contribution is 2.32. The second-order valence-corrected chi connectivity index (χ2v) is 2.44. The number of thiol groups is 1. The Labute approximate surface area is 67.9 Å². The fourth-order valence-electron chi connectivity index (χ4n) is 0.676. The van der Waals surface area contributed by atoms with Crippen LogP contribution in [0.1, 0.15) is 7.43 Å². The summed E-state index contributed by atoms with van der Waals surface area (Å²) < 4.78 is 17.6. The van der Waals surface area contributed by atoms with Crippen LogP contribution in [0.2, 0.25) is 0 Å². The molecule has 11 heavy (non-hydrogen) atoms. The molecule has 3 nitrogen and oxygen atoms in total. The van der Waals surface area contributed by atoms with Crippen LogP contribution >= 0.6 is 0 Å². The topological polar surface area (TPSA) is 60.2 Å². The summed E-state index contributed by atoms with van der Waals surface area (Å²) in [5, 5.41) is 4.06. The van der Waals surface area contributed by atoms with E-state index in [4.69, 9.17) is 8.42 Å². The molecular formula is C7H11NO2S. The first-order valence-electron chi connectivity index (χ1n) is 2.69. The lowest BCUT2D eigenvalue weighted by Gasteiger charge is -1.48. The van der Waals surface area contributed by atoms with Crippen LogP contribution in [0.25, 0.3) is 11.1 Å². The van der Waals surface area contributed by atoms with Gasteiger partial charge in [0, 0.05) is 0 Å². The van der Waals surface area contributed by atoms with Crippen molar-refractivity contribution in [2.24, 2.45) is 5.14 Å². The zero-order valence-electron chi connectivity index (χ0n) is 5.15. The van der Waals surface area contributed by atoms with Crippen molar-refractivity contribution in [3.8, 4) is 11.1 Å². The van der Waals surface area contributed by atoms with Crippen LogP contribution in [-0.2, 0) is 10.9 Å². The van der Waals surface area contributed by atoms with Gasteiger partial charge in [-0.1, -0.05) is 25.6 Å². The predicted molar refractivity (Wildman–Crippen MR) is 46.7 cm³/mol. The minimum Gasteiger partial charge on any atom is -0.231 e. The third-order valence-electron chi connectivity index (χ3n) is 1.11. The average molecular weight is 173 g/mol. The lowest BCUT2D eigenvalue weighted by molar-refractivity contribution is 0.616. The number of fused-ring (bicyclic) bond motifs is 1. The summed E-state index contributed by atoms with van der Waals surface area (Å²) in [7, 11) is -2.62. The average Bonchev–Trinajstić information content (AvgIpc) is 2.40. The molecule has 0 unspecified atom stereocenters. The van der Waals surface area contributed by atoms with Crippen LogP contribution in [0.4, 0.5) is 0 Å². The molecule has 0 aromatic heterocycles. The molecule has 2 N–H and O–H groups in total. The first kappa shape index (κ1) is 10.1. The molecule has 0 bridgehead atoms. The van der Waals surface area contributed by atoms with E-state index in [1.54, 1.807) is 0 Å². The molecule has 4 heteroatoms. The number of nitrogens with two attached hydrogens (primary N) is 1. The SMILES string of the molecule is C.N[SH](=O)=O.c1cc2cc-2c1. The molecule has 0 heterocycles. The molecule has 0 aromatic carbocycles. The van der Waals surface area contributed by atoms with E-state index in [-0.39, 0.29) is 7.43 Å². The van der Waals surface area contributed by atoms with Gasteiger partial charge in [-0.15, -0.1) is 0 Å². The van der Waals surface area contributed by atoms with E-state index >= 15 is 0 Å². The van der Waals surface area contributed by atoms with Gasteiger partial charge in [-0.2, -0.15) is 0 Å². The Morgan fingerprint density at radius 3 is 1.64 bits per heavy atom. The number of rotatable bonds is 0. The van der Waals surface area contributed by atoms with Crippen molar-refractivity contribution in [1.29, 1.82) is 0 Å². The molecule has 0 atom stereocenters. The summed E-state index contributed by atoms with van der Waals surface area (Å²) in [4.78, 5) is 0. The van der Waals surface area contributed by atoms with Crippen LogP contribution in [0.15, 0.2) is 24.3 Å². The highest BCUT2D eigenvalue weighted by atomic mass is 32.2. The zero-order valence-corrected chi connectivity index (χ0v) is 6.04. The van der Waals surface area contributed by atoms with Crippen molar-refractivity contribution < 1.29 is 8.42 Å². The largest absolute Gasteiger partial charge is 0.231 e. The van der Waals surface area contributed by atoms with Crippen LogP contribution < -0.4 is 5.14 Å². The Kier molecular flexibility index (Phi) is 3.78. The van der Waals surface area contributed by atoms with E-state index in [2.05, 4.69) is 29.4 Å². The summed E-state index contributed by atoms with van der Waals surface area (Å²) in [6, 6.07) is 8.48. The quantitative estimate of drug-likeness (QED) is 0.578. The van der Waals surface area contributed by atoms with E-state index in [0.717, 1.165) is 0 Å². The molecule has 2 rings (SSSR count). The standard InChI is InChI=1S/C6H4.CH4.H3NO2S/c1-2-5-4-6(5)3-1;;1-4(2)3/h1-4H;1H4;4H,(H2,1,2,3). The van der Waals surface area contributed by atoms with Gasteiger partial charge in [0.15, 0.2) is 10.9 Å². The van der Waals surface area contributed by atoms with Gasteiger partial charge in [-0.3, -0.25) is 0 Å². The Morgan fingerprint density at radius 1 is 1.18 bits per heavy atom. The summed E-state index contributed by atoms with van der Waals surface area (Å²) in [6.07, 6.45) is 0. The first-order chi connectivity index (χ1) is 4.70. The lowest BCUT2D eigenvalue weighted by Crippen LogP contribution is -1.85. The molecule has 0 aromatic rings. The van der Waals surface area contributed by atoms with E-state index in [1.807, 2.05) is 0 Å². The molecule has 0 saturated carbocycles. The Morgan fingerprint density at radius 2 is 1.55 bits per heavy atom. The molecule has 0 fully saturated rings. The maximum Gasteiger partial charge on any atom is 0.198 e. The highest BCUT2D eigenvalue weighted by molar-refractivity contribution is 7.69. The number of hydrogen-bond acceptors (Lipinski definition) is 2. The first-order valence-corrected chi connectivity index (χ1v) is 3.94. The van der Waals surface area contributed by atoms with Crippen molar-refractivity contribution in [2.45, 2.75) is 7.43 Å². The van der Waals surface area contributed by atoms with Crippen LogP contribution in [-0.4, -0.2) is 8.42 Å². The smallest absolute Gasteiger partial charge is 0.198 e. The van der Waals surface area contributed by atoms with Gasteiger partial charge in [0.25, 0.3) is 0 Å². The Balaban J connectivity index is 0.000000183. The molecule has 0 radical (unpaired) electrons. The van der Waals surface area contributed by atoms with E-state index in [1.165, 1.54) is 11.1 Å². The van der Waals surface area contributed by atoms with Crippen molar-refractivity contribution in [2.75, 3.05) is 0 Å². The fraction of sp³-hybridized carbons (Fsp3) is 0.143. The third-order valence-corrected chi connectivity index (χ3v) is 1.11. The monoisotopic (exact) mass is 173 g/mol. The van der Waals surface area contributed by atoms with Crippen LogP contribution in [0.3, 0.4) is 0 Å². The molecular weight excluding hydrogens is 162 g/mol. The Bertz CT molecular complexity index is 282. The zero-order chi connectivity index (χ0) is 7.56. The van der Waals surface area contributed by atoms with Crippen molar-refractivity contribution in [1.82, 2.24) is 0 Å². The minimum absolute atomic E-state index is 0. The molecule has 2 aliphatic carbocycles. The Hall–Kier alpha value is -0.870. The van der Waals surface area contributed by atoms with Gasteiger partial charge in [0.1, 0.15) is 0 Å². The molecule has 0 amide bonds. The van der Waals surface area contributed by atoms with Gasteiger partial charge in [0.2, 0.25) is 0 Å². The summed E-state index contributed by atoms with van der Waals surface area (Å²) >= 11 is 0. The summed E-state index contributed by atoms with van der Waals surface area (Å²) in [5.41, 5.74) is 2.85. The van der Waals surface area contributed by atoms with Gasteiger partial charge >= 0.3 is 0 Å². The van der Waals surface area contributed by atoms with Crippen LogP contribution in [0.5, 0.6) is 0 Å². The maximum absolute atomic E-state index is 8.81.